The van der Waals surface area contributed by atoms with Crippen molar-refractivity contribution in [2.24, 2.45) is 0 Å². The van der Waals surface area contributed by atoms with Crippen LogP contribution >= 0.6 is 23.2 Å². The minimum atomic E-state index is -0.992. The number of halogens is 2. The fourth-order valence-corrected chi connectivity index (χ4v) is 4.60. The standard InChI is InChI=1S/C25H20Cl2N2O5/c1-13-7-9-14(10-8-13)29-20(17-6-4-5-11-28-17)18(22(31)25(29)32)21(30)15-12-16(26)24(34-3)19(27)23(15)33-2/h4-12,20,30H,1-3H3/b21-18+. The molecule has 3 aromatic rings. The Bertz CT molecular complexity index is 1310. The van der Waals surface area contributed by atoms with Crippen LogP contribution in [-0.4, -0.2) is 36.0 Å². The Morgan fingerprint density at radius 2 is 1.71 bits per heavy atom. The van der Waals surface area contributed by atoms with Crippen LogP contribution in [0, 0.1) is 6.92 Å². The summed E-state index contributed by atoms with van der Waals surface area (Å²) in [7, 11) is 2.74. The van der Waals surface area contributed by atoms with Gasteiger partial charge in [0, 0.05) is 11.9 Å². The highest BCUT2D eigenvalue weighted by molar-refractivity contribution is 6.52. The van der Waals surface area contributed by atoms with Gasteiger partial charge in [-0.25, -0.2) is 0 Å². The molecule has 0 aliphatic carbocycles. The van der Waals surface area contributed by atoms with Gasteiger partial charge in [-0.1, -0.05) is 47.0 Å². The molecule has 2 aromatic carbocycles. The molecule has 2 heterocycles. The maximum absolute atomic E-state index is 13.3. The highest BCUT2D eigenvalue weighted by Crippen LogP contribution is 2.47. The molecule has 34 heavy (non-hydrogen) atoms. The largest absolute Gasteiger partial charge is 0.507 e. The third-order valence-electron chi connectivity index (χ3n) is 5.52. The Morgan fingerprint density at radius 1 is 1.03 bits per heavy atom. The fourth-order valence-electron chi connectivity index (χ4n) is 3.91. The number of amides is 1. The summed E-state index contributed by atoms with van der Waals surface area (Å²) in [5.41, 5.74) is 1.75. The Balaban J connectivity index is 2.00. The second kappa shape index (κ2) is 9.37. The summed E-state index contributed by atoms with van der Waals surface area (Å²) in [4.78, 5) is 32.2. The summed E-state index contributed by atoms with van der Waals surface area (Å²) in [6, 6.07) is 12.6. The lowest BCUT2D eigenvalue weighted by Gasteiger charge is -2.25. The molecule has 1 aliphatic rings. The molecular weight excluding hydrogens is 479 g/mol. The Kier molecular flexibility index (Phi) is 6.50. The average molecular weight is 499 g/mol. The number of aryl methyl sites for hydroxylation is 1. The summed E-state index contributed by atoms with van der Waals surface area (Å²) < 4.78 is 10.6. The van der Waals surface area contributed by atoms with Crippen LogP contribution < -0.4 is 14.4 Å². The van der Waals surface area contributed by atoms with E-state index in [2.05, 4.69) is 4.98 Å². The number of carbonyl (C=O) groups excluding carboxylic acids is 2. The van der Waals surface area contributed by atoms with E-state index in [-0.39, 0.29) is 32.7 Å². The van der Waals surface area contributed by atoms with E-state index in [0.717, 1.165) is 5.56 Å². The number of carbonyl (C=O) groups is 2. The van der Waals surface area contributed by atoms with Crippen molar-refractivity contribution in [1.29, 1.82) is 0 Å². The molecule has 0 bridgehead atoms. The first-order valence-electron chi connectivity index (χ1n) is 10.2. The predicted octanol–water partition coefficient (Wildman–Crippen LogP) is 5.34. The van der Waals surface area contributed by atoms with E-state index in [1.807, 2.05) is 19.1 Å². The molecule has 174 valence electrons. The van der Waals surface area contributed by atoms with Crippen LogP contribution in [0.15, 0.2) is 60.3 Å². The van der Waals surface area contributed by atoms with Crippen LogP contribution in [0.5, 0.6) is 11.5 Å². The first-order chi connectivity index (χ1) is 16.3. The predicted molar refractivity (Wildman–Crippen MR) is 130 cm³/mol. The number of hydrogen-bond acceptors (Lipinski definition) is 6. The molecule has 0 radical (unpaired) electrons. The fraction of sp³-hybridized carbons (Fsp3) is 0.160. The minimum absolute atomic E-state index is 0.0150. The van der Waals surface area contributed by atoms with E-state index in [9.17, 15) is 14.7 Å². The first-order valence-corrected chi connectivity index (χ1v) is 10.9. The number of rotatable bonds is 5. The maximum Gasteiger partial charge on any atom is 0.300 e. The zero-order valence-electron chi connectivity index (χ0n) is 18.5. The van der Waals surface area contributed by atoms with Gasteiger partial charge < -0.3 is 14.6 Å². The number of aliphatic hydroxyl groups is 1. The van der Waals surface area contributed by atoms with Crippen LogP contribution in [0.1, 0.15) is 22.9 Å². The molecular formula is C25H20Cl2N2O5. The van der Waals surface area contributed by atoms with Gasteiger partial charge >= 0.3 is 0 Å². The van der Waals surface area contributed by atoms with E-state index < -0.39 is 23.5 Å². The number of ketones is 1. The molecule has 1 amide bonds. The van der Waals surface area contributed by atoms with Crippen molar-refractivity contribution in [1.82, 2.24) is 4.98 Å². The van der Waals surface area contributed by atoms with E-state index in [4.69, 9.17) is 32.7 Å². The second-order valence-electron chi connectivity index (χ2n) is 7.55. The highest BCUT2D eigenvalue weighted by Gasteiger charge is 2.48. The normalized spacial score (nSPS) is 17.2. The third-order valence-corrected chi connectivity index (χ3v) is 6.14. The molecule has 7 nitrogen and oxygen atoms in total. The molecule has 1 unspecified atom stereocenters. The number of nitrogens with zero attached hydrogens (tertiary/aromatic N) is 2. The number of aromatic nitrogens is 1. The van der Waals surface area contributed by atoms with Crippen molar-refractivity contribution in [3.8, 4) is 11.5 Å². The Labute approximate surface area is 206 Å². The minimum Gasteiger partial charge on any atom is -0.507 e. The molecule has 1 fully saturated rings. The van der Waals surface area contributed by atoms with Gasteiger partial charge in [0.2, 0.25) is 0 Å². The molecule has 9 heteroatoms. The van der Waals surface area contributed by atoms with Crippen molar-refractivity contribution < 1.29 is 24.2 Å². The van der Waals surface area contributed by atoms with Gasteiger partial charge in [0.1, 0.15) is 16.8 Å². The molecule has 0 spiro atoms. The topological polar surface area (TPSA) is 89.0 Å². The van der Waals surface area contributed by atoms with E-state index in [0.29, 0.717) is 11.4 Å². The summed E-state index contributed by atoms with van der Waals surface area (Å²) >= 11 is 12.7. The highest BCUT2D eigenvalue weighted by atomic mass is 35.5. The smallest absolute Gasteiger partial charge is 0.300 e. The van der Waals surface area contributed by atoms with Crippen molar-refractivity contribution in [2.45, 2.75) is 13.0 Å². The van der Waals surface area contributed by atoms with Crippen LogP contribution in [0.3, 0.4) is 0 Å². The molecule has 1 N–H and O–H groups in total. The zero-order valence-corrected chi connectivity index (χ0v) is 20.0. The number of benzene rings is 2. The summed E-state index contributed by atoms with van der Waals surface area (Å²) in [5.74, 6) is -1.98. The quantitative estimate of drug-likeness (QED) is 0.290. The van der Waals surface area contributed by atoms with Crippen LogP contribution in [-0.2, 0) is 9.59 Å². The van der Waals surface area contributed by atoms with Gasteiger partial charge in [-0.2, -0.15) is 0 Å². The number of aliphatic hydroxyl groups excluding tert-OH is 1. The number of pyridine rings is 1. The third kappa shape index (κ3) is 3.87. The van der Waals surface area contributed by atoms with Gasteiger partial charge in [-0.3, -0.25) is 19.5 Å². The number of methoxy groups -OCH3 is 2. The maximum atomic E-state index is 13.3. The SMILES string of the molecule is COc1c(Cl)cc(/C(O)=C2\C(=O)C(=O)N(c3ccc(C)cc3)C2c2ccccn2)c(OC)c1Cl. The van der Waals surface area contributed by atoms with Gasteiger partial charge in [0.15, 0.2) is 11.5 Å². The van der Waals surface area contributed by atoms with Crippen LogP contribution in [0.2, 0.25) is 10.0 Å². The van der Waals surface area contributed by atoms with E-state index >= 15 is 0 Å². The lowest BCUT2D eigenvalue weighted by atomic mass is 9.97. The first kappa shape index (κ1) is 23.6. The van der Waals surface area contributed by atoms with Gasteiger partial charge in [0.25, 0.3) is 11.7 Å². The lowest BCUT2D eigenvalue weighted by Crippen LogP contribution is -2.29. The summed E-state index contributed by atoms with van der Waals surface area (Å²) in [6.45, 7) is 1.91. The zero-order chi connectivity index (χ0) is 24.6. The lowest BCUT2D eigenvalue weighted by molar-refractivity contribution is -0.132. The molecule has 1 aromatic heterocycles. The number of Topliss-reactive ketones (excluding diaryl/α,β-unsaturated/α-hetero) is 1. The number of anilines is 1. The van der Waals surface area contributed by atoms with Crippen LogP contribution in [0.4, 0.5) is 5.69 Å². The number of ether oxygens (including phenoxy) is 2. The van der Waals surface area contributed by atoms with Gasteiger partial charge in [-0.15, -0.1) is 0 Å². The van der Waals surface area contributed by atoms with Gasteiger partial charge in [0.05, 0.1) is 36.1 Å². The monoisotopic (exact) mass is 498 g/mol. The second-order valence-corrected chi connectivity index (χ2v) is 8.33. The van der Waals surface area contributed by atoms with E-state index in [1.165, 1.54) is 25.2 Å². The molecule has 1 saturated heterocycles. The van der Waals surface area contributed by atoms with Crippen molar-refractivity contribution >= 4 is 46.3 Å². The van der Waals surface area contributed by atoms with E-state index in [1.54, 1.807) is 36.5 Å². The Morgan fingerprint density at radius 3 is 2.29 bits per heavy atom. The molecule has 0 saturated carbocycles. The van der Waals surface area contributed by atoms with Crippen LogP contribution in [0.25, 0.3) is 5.76 Å². The Hall–Kier alpha value is -3.55. The molecule has 1 aliphatic heterocycles. The van der Waals surface area contributed by atoms with Crippen molar-refractivity contribution in [3.63, 3.8) is 0 Å². The van der Waals surface area contributed by atoms with Crippen molar-refractivity contribution in [3.05, 3.63) is 87.2 Å². The number of hydrogen-bond donors (Lipinski definition) is 1. The molecule has 1 atom stereocenters. The molecule has 4 rings (SSSR count). The average Bonchev–Trinajstić information content (AvgIpc) is 3.10. The van der Waals surface area contributed by atoms with Crippen molar-refractivity contribution in [2.75, 3.05) is 19.1 Å². The summed E-state index contributed by atoms with van der Waals surface area (Å²) in [6.07, 6.45) is 1.55. The summed E-state index contributed by atoms with van der Waals surface area (Å²) in [5, 5.41) is 11.5. The van der Waals surface area contributed by atoms with Gasteiger partial charge in [-0.05, 0) is 37.3 Å².